The number of rotatable bonds is 6. The Balaban J connectivity index is 1.02. The van der Waals surface area contributed by atoms with Gasteiger partial charge in [0.25, 0.3) is 0 Å². The van der Waals surface area contributed by atoms with E-state index in [4.69, 9.17) is 14.4 Å². The van der Waals surface area contributed by atoms with Crippen LogP contribution in [0.4, 0.5) is 0 Å². The minimum Gasteiger partial charge on any atom is -0.456 e. The highest BCUT2D eigenvalue weighted by atomic mass is 32.1. The fraction of sp³-hybridized carbons (Fsp3) is 0.0385. The first-order valence-corrected chi connectivity index (χ1v) is 19.9. The molecule has 1 aliphatic rings. The number of hydrogen-bond donors (Lipinski definition) is 0. The first kappa shape index (κ1) is 32.5. The minimum atomic E-state index is 0.684. The lowest BCUT2D eigenvalue weighted by Crippen LogP contribution is -1.96. The van der Waals surface area contributed by atoms with Gasteiger partial charge in [-0.25, -0.2) is 9.97 Å². The van der Waals surface area contributed by atoms with Gasteiger partial charge in [-0.1, -0.05) is 152 Å². The van der Waals surface area contributed by atoms with Crippen LogP contribution in [-0.4, -0.2) is 9.97 Å². The van der Waals surface area contributed by atoms with Crippen molar-refractivity contribution in [1.82, 2.24) is 9.97 Å². The lowest BCUT2D eigenvalue weighted by atomic mass is 9.90. The Bertz CT molecular complexity index is 3190. The Labute approximate surface area is 328 Å². The van der Waals surface area contributed by atoms with E-state index in [1.165, 1.54) is 48.0 Å². The van der Waals surface area contributed by atoms with Crippen molar-refractivity contribution in [3.05, 3.63) is 193 Å². The van der Waals surface area contributed by atoms with E-state index in [1.54, 1.807) is 0 Å². The smallest absolute Gasteiger partial charge is 0.160 e. The monoisotopic (exact) mass is 734 g/mol. The van der Waals surface area contributed by atoms with E-state index in [1.807, 2.05) is 29.5 Å². The van der Waals surface area contributed by atoms with Crippen molar-refractivity contribution in [3.63, 3.8) is 0 Å². The summed E-state index contributed by atoms with van der Waals surface area (Å²) in [6.45, 7) is 0. The van der Waals surface area contributed by atoms with Crippen LogP contribution in [0.1, 0.15) is 24.0 Å². The third-order valence-corrected chi connectivity index (χ3v) is 12.3. The molecular formula is C52H34N2OS. The van der Waals surface area contributed by atoms with Crippen LogP contribution in [0.15, 0.2) is 186 Å². The number of furan rings is 1. The highest BCUT2D eigenvalue weighted by molar-refractivity contribution is 7.26. The van der Waals surface area contributed by atoms with Crippen LogP contribution in [0.25, 0.3) is 98.3 Å². The van der Waals surface area contributed by atoms with E-state index in [9.17, 15) is 0 Å². The van der Waals surface area contributed by atoms with Crippen molar-refractivity contribution in [2.75, 3.05) is 0 Å². The van der Waals surface area contributed by atoms with E-state index in [2.05, 4.69) is 164 Å². The Morgan fingerprint density at radius 3 is 1.89 bits per heavy atom. The number of thiophene rings is 1. The van der Waals surface area contributed by atoms with Gasteiger partial charge in [-0.3, -0.25) is 0 Å². The summed E-state index contributed by atoms with van der Waals surface area (Å²) in [6, 6.07) is 60.0. The van der Waals surface area contributed by atoms with E-state index in [0.29, 0.717) is 5.82 Å². The second kappa shape index (κ2) is 13.5. The number of fused-ring (bicyclic) bond motifs is 6. The fourth-order valence-electron chi connectivity index (χ4n) is 8.24. The first-order valence-electron chi connectivity index (χ1n) is 19.1. The molecule has 0 amide bonds. The summed E-state index contributed by atoms with van der Waals surface area (Å²) < 4.78 is 8.90. The molecule has 0 spiro atoms. The molecule has 0 N–H and O–H groups in total. The van der Waals surface area contributed by atoms with E-state index < -0.39 is 0 Å². The molecule has 11 rings (SSSR count). The molecule has 7 aromatic carbocycles. The highest BCUT2D eigenvalue weighted by Crippen LogP contribution is 2.44. The van der Waals surface area contributed by atoms with Crippen LogP contribution in [0.3, 0.4) is 0 Å². The van der Waals surface area contributed by atoms with Crippen LogP contribution < -0.4 is 0 Å². The van der Waals surface area contributed by atoms with Crippen LogP contribution >= 0.6 is 11.3 Å². The Morgan fingerprint density at radius 1 is 0.446 bits per heavy atom. The molecule has 0 aliphatic heterocycles. The molecule has 0 saturated heterocycles. The number of nitrogens with zero attached hydrogens (tertiary/aromatic N) is 2. The molecule has 0 atom stereocenters. The van der Waals surface area contributed by atoms with Crippen molar-refractivity contribution in [3.8, 4) is 45.0 Å². The molecular weight excluding hydrogens is 701 g/mol. The highest BCUT2D eigenvalue weighted by Gasteiger charge is 2.18. The summed E-state index contributed by atoms with van der Waals surface area (Å²) in [5.74, 6) is 0.684. The van der Waals surface area contributed by atoms with Crippen LogP contribution in [0.2, 0.25) is 0 Å². The van der Waals surface area contributed by atoms with Gasteiger partial charge < -0.3 is 4.42 Å². The first-order chi connectivity index (χ1) is 27.7. The van der Waals surface area contributed by atoms with Gasteiger partial charge in [0.2, 0.25) is 0 Å². The molecule has 1 aliphatic carbocycles. The SMILES string of the molecule is C1=C(c2ccccc2)CCC=C1c1cccc2c1sc1c(-c3cccc(-c4nc(-c5ccccc5)cc(-c5ccc6c(c5)oc5ccccc56)n4)c3)cccc12. The van der Waals surface area contributed by atoms with Gasteiger partial charge in [-0.15, -0.1) is 11.3 Å². The van der Waals surface area contributed by atoms with Gasteiger partial charge in [0, 0.05) is 47.6 Å². The molecule has 0 radical (unpaired) electrons. The molecule has 0 saturated carbocycles. The quantitative estimate of drug-likeness (QED) is 0.171. The van der Waals surface area contributed by atoms with Crippen LogP contribution in [0, 0.1) is 0 Å². The molecule has 0 unspecified atom stereocenters. The number of aromatic nitrogens is 2. The van der Waals surface area contributed by atoms with Crippen molar-refractivity contribution < 1.29 is 4.42 Å². The zero-order valence-corrected chi connectivity index (χ0v) is 31.3. The average molecular weight is 735 g/mol. The van der Waals surface area contributed by atoms with Gasteiger partial charge >= 0.3 is 0 Å². The zero-order chi connectivity index (χ0) is 37.0. The maximum Gasteiger partial charge on any atom is 0.160 e. The van der Waals surface area contributed by atoms with Gasteiger partial charge in [-0.2, -0.15) is 0 Å². The summed E-state index contributed by atoms with van der Waals surface area (Å²) in [6.07, 6.45) is 6.91. The standard InChI is InChI=1S/C52H34N2OS/c1-3-13-33(14-4-1)35-17-9-18-36(29-35)40-22-11-24-44-45-25-12-23-41(51(45)56-50(40)44)37-19-10-20-39(30-37)52-53-46(34-15-5-2-6-16-34)32-47(54-52)38-27-28-43-42-21-7-8-26-48(42)55-49(43)31-38/h1-8,10-16,18-32H,9,17H2. The Kier molecular flexibility index (Phi) is 7.82. The summed E-state index contributed by atoms with van der Waals surface area (Å²) in [5.41, 5.74) is 14.1. The topological polar surface area (TPSA) is 38.9 Å². The molecule has 3 heterocycles. The molecule has 3 nitrogen and oxygen atoms in total. The van der Waals surface area contributed by atoms with Gasteiger partial charge in [0.1, 0.15) is 11.2 Å². The van der Waals surface area contributed by atoms with Crippen molar-refractivity contribution >= 4 is 64.6 Å². The van der Waals surface area contributed by atoms with E-state index >= 15 is 0 Å². The maximum atomic E-state index is 6.28. The predicted molar refractivity (Wildman–Crippen MR) is 236 cm³/mol. The van der Waals surface area contributed by atoms with Gasteiger partial charge in [0.15, 0.2) is 5.82 Å². The van der Waals surface area contributed by atoms with Crippen molar-refractivity contribution in [1.29, 1.82) is 0 Å². The zero-order valence-electron chi connectivity index (χ0n) is 30.4. The lowest BCUT2D eigenvalue weighted by Gasteiger charge is -2.15. The molecule has 0 bridgehead atoms. The van der Waals surface area contributed by atoms with Gasteiger partial charge in [-0.05, 0) is 76.6 Å². The number of hydrogen-bond acceptors (Lipinski definition) is 4. The van der Waals surface area contributed by atoms with Crippen LogP contribution in [-0.2, 0) is 0 Å². The maximum absolute atomic E-state index is 6.28. The summed E-state index contributed by atoms with van der Waals surface area (Å²) >= 11 is 1.89. The van der Waals surface area contributed by atoms with E-state index in [0.717, 1.165) is 68.4 Å². The van der Waals surface area contributed by atoms with Crippen molar-refractivity contribution in [2.45, 2.75) is 12.8 Å². The largest absolute Gasteiger partial charge is 0.456 e. The molecule has 4 heteroatoms. The third kappa shape index (κ3) is 5.66. The molecule has 3 aromatic heterocycles. The second-order valence-electron chi connectivity index (χ2n) is 14.4. The Hall–Kier alpha value is -6.88. The lowest BCUT2D eigenvalue weighted by molar-refractivity contribution is 0.669. The third-order valence-electron chi connectivity index (χ3n) is 11.0. The fourth-order valence-corrected chi connectivity index (χ4v) is 9.61. The minimum absolute atomic E-state index is 0.684. The number of allylic oxidation sites excluding steroid dienone is 4. The normalized spacial score (nSPS) is 13.1. The summed E-state index contributed by atoms with van der Waals surface area (Å²) in [7, 11) is 0. The molecule has 56 heavy (non-hydrogen) atoms. The second-order valence-corrected chi connectivity index (χ2v) is 15.4. The predicted octanol–water partition coefficient (Wildman–Crippen LogP) is 14.7. The molecule has 264 valence electrons. The number of para-hydroxylation sites is 1. The van der Waals surface area contributed by atoms with Gasteiger partial charge in [0.05, 0.1) is 11.4 Å². The van der Waals surface area contributed by atoms with Crippen LogP contribution in [0.5, 0.6) is 0 Å². The number of benzene rings is 7. The average Bonchev–Trinajstić information content (AvgIpc) is 3.85. The van der Waals surface area contributed by atoms with E-state index in [-0.39, 0.29) is 0 Å². The van der Waals surface area contributed by atoms with Crippen molar-refractivity contribution in [2.24, 2.45) is 0 Å². The molecule has 0 fully saturated rings. The molecule has 10 aromatic rings. The summed E-state index contributed by atoms with van der Waals surface area (Å²) in [4.78, 5) is 10.4. The Morgan fingerprint density at radius 2 is 1.07 bits per heavy atom. The summed E-state index contributed by atoms with van der Waals surface area (Å²) in [5, 5.41) is 4.79.